The minimum absolute atomic E-state index is 0.101. The van der Waals surface area contributed by atoms with Crippen molar-refractivity contribution in [1.82, 2.24) is 14.7 Å². The molecule has 1 amide bonds. The maximum absolute atomic E-state index is 14.2. The number of nitro benzene ring substituents is 1. The maximum atomic E-state index is 14.2. The van der Waals surface area contributed by atoms with Crippen LogP contribution in [0.3, 0.4) is 0 Å². The Kier molecular flexibility index (Phi) is 5.72. The second kappa shape index (κ2) is 8.24. The van der Waals surface area contributed by atoms with Crippen LogP contribution in [0.1, 0.15) is 34.7 Å². The lowest BCUT2D eigenvalue weighted by atomic mass is 10.1. The molecule has 0 bridgehead atoms. The number of para-hydroxylation sites is 1. The molecule has 0 aliphatic carbocycles. The van der Waals surface area contributed by atoms with Gasteiger partial charge in [0.05, 0.1) is 11.0 Å². The topological polar surface area (TPSA) is 98.3 Å². The predicted octanol–water partition coefficient (Wildman–Crippen LogP) is 3.42. The van der Waals surface area contributed by atoms with Gasteiger partial charge in [0.2, 0.25) is 5.43 Å². The van der Waals surface area contributed by atoms with Crippen molar-refractivity contribution >= 4 is 11.6 Å². The number of carbonyl (C=O) groups is 1. The highest BCUT2D eigenvalue weighted by atomic mass is 19.1. The summed E-state index contributed by atoms with van der Waals surface area (Å²) < 4.78 is 15.4. The van der Waals surface area contributed by atoms with Gasteiger partial charge in [-0.2, -0.15) is 5.10 Å². The lowest BCUT2D eigenvalue weighted by Gasteiger charge is -2.25. The average Bonchev–Trinajstić information content (AvgIpc) is 2.73. The molecule has 2 aromatic carbocycles. The average molecular weight is 410 g/mol. The van der Waals surface area contributed by atoms with Gasteiger partial charge in [-0.15, -0.1) is 0 Å². The van der Waals surface area contributed by atoms with Gasteiger partial charge in [-0.1, -0.05) is 24.3 Å². The number of hydrogen-bond acceptors (Lipinski definition) is 5. The fourth-order valence-electron chi connectivity index (χ4n) is 3.03. The molecule has 0 aliphatic heterocycles. The van der Waals surface area contributed by atoms with Crippen molar-refractivity contribution in [3.63, 3.8) is 0 Å². The Morgan fingerprint density at radius 2 is 1.90 bits per heavy atom. The first-order valence-electron chi connectivity index (χ1n) is 9.08. The third kappa shape index (κ3) is 3.95. The molecule has 0 fully saturated rings. The molecule has 30 heavy (non-hydrogen) atoms. The Morgan fingerprint density at radius 3 is 2.57 bits per heavy atom. The summed E-state index contributed by atoms with van der Waals surface area (Å²) in [5.41, 5.74) is -0.0570. The van der Waals surface area contributed by atoms with Crippen LogP contribution in [0.15, 0.2) is 59.4 Å². The van der Waals surface area contributed by atoms with Crippen LogP contribution in [-0.2, 0) is 0 Å². The maximum Gasteiger partial charge on any atom is 0.278 e. The molecule has 0 aliphatic rings. The molecule has 0 saturated heterocycles. The third-order valence-electron chi connectivity index (χ3n) is 4.86. The van der Waals surface area contributed by atoms with E-state index in [0.29, 0.717) is 11.3 Å². The number of carbonyl (C=O) groups excluding carboxylic acids is 1. The lowest BCUT2D eigenvalue weighted by molar-refractivity contribution is -0.384. The molecular weight excluding hydrogens is 391 g/mol. The molecule has 3 aromatic rings. The summed E-state index contributed by atoms with van der Waals surface area (Å²) in [6.45, 7) is 3.27. The Hall–Kier alpha value is -3.88. The summed E-state index contributed by atoms with van der Waals surface area (Å²) in [4.78, 5) is 37.2. The van der Waals surface area contributed by atoms with E-state index in [2.05, 4.69) is 5.10 Å². The summed E-state index contributed by atoms with van der Waals surface area (Å²) in [6, 6.07) is 12.4. The number of rotatable bonds is 5. The summed E-state index contributed by atoms with van der Waals surface area (Å²) >= 11 is 0. The first kappa shape index (κ1) is 20.8. The van der Waals surface area contributed by atoms with Gasteiger partial charge in [0.25, 0.3) is 11.6 Å². The van der Waals surface area contributed by atoms with Crippen LogP contribution in [-0.4, -0.2) is 32.6 Å². The van der Waals surface area contributed by atoms with Crippen molar-refractivity contribution in [2.24, 2.45) is 0 Å². The zero-order chi connectivity index (χ0) is 22.0. The molecule has 0 N–H and O–H groups in total. The number of aromatic nitrogens is 2. The first-order chi connectivity index (χ1) is 14.2. The highest BCUT2D eigenvalue weighted by Crippen LogP contribution is 2.24. The number of hydrogen-bond donors (Lipinski definition) is 0. The number of amides is 1. The molecule has 0 spiro atoms. The number of nitro groups is 1. The monoisotopic (exact) mass is 410 g/mol. The SMILES string of the molecule is Cc1cc(=O)c(C(=O)N(C)C(C)c2cccc([N+](=O)[O-])c2)nn1-c1ccccc1F. The first-order valence-corrected chi connectivity index (χ1v) is 9.08. The third-order valence-corrected chi connectivity index (χ3v) is 4.86. The van der Waals surface area contributed by atoms with Gasteiger partial charge in [-0.25, -0.2) is 9.07 Å². The summed E-state index contributed by atoms with van der Waals surface area (Å²) in [5.74, 6) is -1.22. The molecule has 0 radical (unpaired) electrons. The zero-order valence-electron chi connectivity index (χ0n) is 16.6. The van der Waals surface area contributed by atoms with Crippen LogP contribution >= 0.6 is 0 Å². The number of benzene rings is 2. The highest BCUT2D eigenvalue weighted by molar-refractivity contribution is 5.92. The van der Waals surface area contributed by atoms with Crippen molar-refractivity contribution in [3.05, 3.63) is 97.7 Å². The minimum atomic E-state index is -0.677. The van der Waals surface area contributed by atoms with E-state index >= 15 is 0 Å². The number of halogens is 1. The smallest absolute Gasteiger partial charge is 0.278 e. The van der Waals surface area contributed by atoms with E-state index < -0.39 is 28.1 Å². The Labute approximate surface area is 171 Å². The van der Waals surface area contributed by atoms with Crippen molar-refractivity contribution < 1.29 is 14.1 Å². The van der Waals surface area contributed by atoms with Gasteiger partial charge in [0, 0.05) is 30.9 Å². The van der Waals surface area contributed by atoms with E-state index in [9.17, 15) is 24.1 Å². The van der Waals surface area contributed by atoms with Crippen LogP contribution in [0.4, 0.5) is 10.1 Å². The van der Waals surface area contributed by atoms with E-state index in [4.69, 9.17) is 0 Å². The summed E-state index contributed by atoms with van der Waals surface area (Å²) in [7, 11) is 1.47. The lowest BCUT2D eigenvalue weighted by Crippen LogP contribution is -2.35. The van der Waals surface area contributed by atoms with E-state index in [-0.39, 0.29) is 17.1 Å². The minimum Gasteiger partial charge on any atom is -0.333 e. The fraction of sp³-hybridized carbons (Fsp3) is 0.190. The highest BCUT2D eigenvalue weighted by Gasteiger charge is 2.25. The van der Waals surface area contributed by atoms with Gasteiger partial charge in [-0.3, -0.25) is 19.7 Å². The zero-order valence-corrected chi connectivity index (χ0v) is 16.6. The fourth-order valence-corrected chi connectivity index (χ4v) is 3.03. The second-order valence-corrected chi connectivity index (χ2v) is 6.81. The second-order valence-electron chi connectivity index (χ2n) is 6.81. The van der Waals surface area contributed by atoms with Crippen LogP contribution < -0.4 is 5.43 Å². The van der Waals surface area contributed by atoms with E-state index in [1.165, 1.54) is 59.1 Å². The summed E-state index contributed by atoms with van der Waals surface area (Å²) in [6.07, 6.45) is 0. The molecular formula is C21H19FN4O4. The van der Waals surface area contributed by atoms with Gasteiger partial charge in [-0.05, 0) is 31.5 Å². The van der Waals surface area contributed by atoms with E-state index in [1.807, 2.05) is 0 Å². The number of non-ortho nitro benzene ring substituents is 1. The van der Waals surface area contributed by atoms with Crippen LogP contribution in [0, 0.1) is 22.9 Å². The van der Waals surface area contributed by atoms with E-state index in [1.54, 1.807) is 26.0 Å². The molecule has 1 aromatic heterocycles. The molecule has 154 valence electrons. The van der Waals surface area contributed by atoms with Gasteiger partial charge >= 0.3 is 0 Å². The molecule has 0 saturated carbocycles. The largest absolute Gasteiger partial charge is 0.333 e. The predicted molar refractivity (Wildman–Crippen MR) is 108 cm³/mol. The quantitative estimate of drug-likeness (QED) is 0.474. The van der Waals surface area contributed by atoms with Crippen LogP contribution in [0.25, 0.3) is 5.69 Å². The van der Waals surface area contributed by atoms with E-state index in [0.717, 1.165) is 0 Å². The van der Waals surface area contributed by atoms with Crippen molar-refractivity contribution in [2.45, 2.75) is 19.9 Å². The van der Waals surface area contributed by atoms with Crippen molar-refractivity contribution in [2.75, 3.05) is 7.05 Å². The molecule has 8 nitrogen and oxygen atoms in total. The Morgan fingerprint density at radius 1 is 1.20 bits per heavy atom. The van der Waals surface area contributed by atoms with Gasteiger partial charge in [0.15, 0.2) is 5.69 Å². The van der Waals surface area contributed by atoms with Gasteiger partial charge in [0.1, 0.15) is 11.5 Å². The van der Waals surface area contributed by atoms with Crippen LogP contribution in [0.5, 0.6) is 0 Å². The Balaban J connectivity index is 1.99. The number of nitrogens with zero attached hydrogens (tertiary/aromatic N) is 4. The molecule has 1 unspecified atom stereocenters. The van der Waals surface area contributed by atoms with Crippen molar-refractivity contribution in [3.8, 4) is 5.69 Å². The Bertz CT molecular complexity index is 1190. The van der Waals surface area contributed by atoms with Crippen LogP contribution in [0.2, 0.25) is 0 Å². The molecule has 1 atom stereocenters. The number of aryl methyl sites for hydroxylation is 1. The molecule has 9 heteroatoms. The van der Waals surface area contributed by atoms with Gasteiger partial charge < -0.3 is 4.90 Å². The summed E-state index contributed by atoms with van der Waals surface area (Å²) in [5, 5.41) is 15.1. The van der Waals surface area contributed by atoms with Crippen molar-refractivity contribution in [1.29, 1.82) is 0 Å². The standard InChI is InChI=1S/C21H19FN4O4/c1-13-11-19(27)20(23-25(13)18-10-5-4-9-17(18)22)21(28)24(3)14(2)15-7-6-8-16(12-15)26(29)30/h4-12,14H,1-3H3. The normalized spacial score (nSPS) is 11.7. The molecule has 1 heterocycles. The molecule has 3 rings (SSSR count).